The molecule has 0 aromatic rings. The predicted octanol–water partition coefficient (Wildman–Crippen LogP) is -1.30. The number of Topliss-reactive ketones (excluding diaryl/α,β-unsaturated/α-hetero) is 1. The third-order valence-corrected chi connectivity index (χ3v) is 1.44. The molecule has 0 amide bonds. The number of carboxylic acids is 1. The molecular weight excluding hydrogens is 203 g/mol. The molecule has 0 aliphatic rings. The normalized spacial score (nSPS) is 12.2. The molecule has 0 radical (unpaired) electrons. The number of carbonyl (C=O) groups is 3. The van der Waals surface area contributed by atoms with Crippen LogP contribution in [0.3, 0.4) is 0 Å². The van der Waals surface area contributed by atoms with E-state index < -0.39 is 22.4 Å². The van der Waals surface area contributed by atoms with E-state index in [4.69, 9.17) is 5.11 Å². The van der Waals surface area contributed by atoms with Gasteiger partial charge in [0.25, 0.3) is 0 Å². The Morgan fingerprint density at radius 1 is 1.40 bits per heavy atom. The van der Waals surface area contributed by atoms with Crippen molar-refractivity contribution in [1.82, 2.24) is 0 Å². The first kappa shape index (κ1) is 9.33. The van der Waals surface area contributed by atoms with Crippen LogP contribution in [0.25, 0.3) is 0 Å². The molecule has 1 atom stereocenters. The van der Waals surface area contributed by atoms with Gasteiger partial charge in [0.1, 0.15) is 0 Å². The fourth-order valence-electron chi connectivity index (χ4n) is 0.297. The van der Waals surface area contributed by atoms with E-state index in [1.54, 1.807) is 0 Å². The first-order valence-electron chi connectivity index (χ1n) is 2.46. The molecule has 0 aliphatic carbocycles. The molecule has 0 aliphatic heterocycles. The van der Waals surface area contributed by atoms with Crippen molar-refractivity contribution in [3.8, 4) is 0 Å². The van der Waals surface area contributed by atoms with Gasteiger partial charge in [-0.05, 0) is 0 Å². The van der Waals surface area contributed by atoms with Crippen molar-refractivity contribution >= 4 is 32.4 Å². The number of aliphatic carboxylic acids is 1. The van der Waals surface area contributed by atoms with Gasteiger partial charge in [-0.3, -0.25) is 0 Å². The van der Waals surface area contributed by atoms with Gasteiger partial charge in [-0.15, -0.1) is 0 Å². The van der Waals surface area contributed by atoms with Crippen LogP contribution in [0.15, 0.2) is 0 Å². The topological polar surface area (TPSA) is 71.4 Å². The second kappa shape index (κ2) is 3.49. The number of carboxylic acid groups (broad SMARTS) is 1. The summed E-state index contributed by atoms with van der Waals surface area (Å²) in [6.07, 6.45) is 0. The Labute approximate surface area is 65.4 Å². The zero-order valence-electron chi connectivity index (χ0n) is 5.20. The van der Waals surface area contributed by atoms with Crippen molar-refractivity contribution in [3.05, 3.63) is 0 Å². The first-order valence-corrected chi connectivity index (χ1v) is 3.40. The zero-order valence-corrected chi connectivity index (χ0v) is 7.07. The molecule has 0 saturated carbocycles. The van der Waals surface area contributed by atoms with Crippen LogP contribution in [0.2, 0.25) is 0 Å². The summed E-state index contributed by atoms with van der Waals surface area (Å²) in [4.78, 5) is 30.9. The van der Waals surface area contributed by atoms with Gasteiger partial charge in [0.2, 0.25) is 0 Å². The van der Waals surface area contributed by atoms with Crippen molar-refractivity contribution in [1.29, 1.82) is 0 Å². The molecule has 0 aromatic carbocycles. The van der Waals surface area contributed by atoms with Crippen LogP contribution in [0.1, 0.15) is 6.92 Å². The number of carbonyl (C=O) groups excluding carboxylic acids is 2. The molecule has 4 nitrogen and oxygen atoms in total. The van der Waals surface area contributed by atoms with Crippen LogP contribution >= 0.6 is 0 Å². The van der Waals surface area contributed by atoms with Crippen LogP contribution < -0.4 is 0 Å². The van der Waals surface area contributed by atoms with E-state index in [0.29, 0.717) is 0 Å². The van der Waals surface area contributed by atoms with E-state index in [-0.39, 0.29) is 0 Å². The van der Waals surface area contributed by atoms with Crippen molar-refractivity contribution in [2.45, 2.75) is 6.92 Å². The van der Waals surface area contributed by atoms with E-state index in [9.17, 15) is 14.4 Å². The van der Waals surface area contributed by atoms with Crippen molar-refractivity contribution < 1.29 is 19.5 Å². The standard InChI is InChI=1S/C5H6O4Se/c1-2(4(7)8)3(6)5(9)10/h2H,1H3,(H,7,8)(H,9,10). The molecular formula is C5H6O4Se. The minimum atomic E-state index is -1.27. The zero-order chi connectivity index (χ0) is 8.31. The van der Waals surface area contributed by atoms with E-state index in [1.165, 1.54) is 22.9 Å². The number of ketones is 1. The Kier molecular flexibility index (Phi) is 3.25. The van der Waals surface area contributed by atoms with Crippen LogP contribution in [0.5, 0.6) is 0 Å². The van der Waals surface area contributed by atoms with Gasteiger partial charge in [0, 0.05) is 0 Å². The molecule has 0 saturated heterocycles. The van der Waals surface area contributed by atoms with Crippen LogP contribution in [-0.2, 0) is 14.4 Å². The first-order chi connectivity index (χ1) is 4.46. The van der Waals surface area contributed by atoms with Crippen molar-refractivity contribution in [2.24, 2.45) is 5.92 Å². The fourth-order valence-corrected chi connectivity index (χ4v) is 0.704. The molecule has 0 rings (SSSR count). The Balaban J connectivity index is 4.22. The molecule has 1 N–H and O–H groups in total. The summed E-state index contributed by atoms with van der Waals surface area (Å²) in [6.45, 7) is 1.18. The van der Waals surface area contributed by atoms with E-state index in [2.05, 4.69) is 0 Å². The second-order valence-electron chi connectivity index (χ2n) is 1.73. The molecule has 5 heteroatoms. The van der Waals surface area contributed by atoms with E-state index >= 15 is 0 Å². The number of hydrogen-bond donors (Lipinski definition) is 1. The summed E-state index contributed by atoms with van der Waals surface area (Å²) >= 11 is 1.49. The van der Waals surface area contributed by atoms with Crippen molar-refractivity contribution in [3.63, 3.8) is 0 Å². The molecule has 0 heterocycles. The maximum absolute atomic E-state index is 10.5. The average Bonchev–Trinajstić information content (AvgIpc) is 1.84. The average molecular weight is 209 g/mol. The summed E-state index contributed by atoms with van der Waals surface area (Å²) in [5, 5.41) is 8.22. The monoisotopic (exact) mass is 210 g/mol. The summed E-state index contributed by atoms with van der Waals surface area (Å²) in [5.41, 5.74) is 0. The summed E-state index contributed by atoms with van der Waals surface area (Å²) < 4.78 is -0.776. The summed E-state index contributed by atoms with van der Waals surface area (Å²) in [5.74, 6) is -3.38. The molecule has 0 fully saturated rings. The molecule has 10 heavy (non-hydrogen) atoms. The summed E-state index contributed by atoms with van der Waals surface area (Å²) in [6, 6.07) is 0. The van der Waals surface area contributed by atoms with Gasteiger partial charge >= 0.3 is 64.8 Å². The van der Waals surface area contributed by atoms with Crippen LogP contribution in [0, 0.1) is 5.92 Å². The molecule has 0 spiro atoms. The van der Waals surface area contributed by atoms with Gasteiger partial charge in [-0.1, -0.05) is 0 Å². The maximum atomic E-state index is 10.5. The minimum absolute atomic E-state index is 0.776. The third kappa shape index (κ3) is 2.29. The Morgan fingerprint density at radius 3 is 1.90 bits per heavy atom. The van der Waals surface area contributed by atoms with Gasteiger partial charge < -0.3 is 0 Å². The van der Waals surface area contributed by atoms with Gasteiger partial charge in [-0.25, -0.2) is 0 Å². The van der Waals surface area contributed by atoms with Gasteiger partial charge in [0.15, 0.2) is 0 Å². The Hall–Kier alpha value is -0.671. The molecule has 1 unspecified atom stereocenters. The molecule has 56 valence electrons. The number of hydrogen-bond acceptors (Lipinski definition) is 3. The van der Waals surface area contributed by atoms with E-state index in [0.717, 1.165) is 0 Å². The van der Waals surface area contributed by atoms with Crippen LogP contribution in [0.4, 0.5) is 0 Å². The van der Waals surface area contributed by atoms with Gasteiger partial charge in [-0.2, -0.15) is 0 Å². The molecule has 0 aromatic heterocycles. The fraction of sp³-hybridized carbons (Fsp3) is 0.400. The summed E-state index contributed by atoms with van der Waals surface area (Å²) in [7, 11) is 0. The van der Waals surface area contributed by atoms with Crippen LogP contribution in [-0.4, -0.2) is 37.6 Å². The SMILES string of the molecule is CC(C(=O)O)C(=O)C(=O)[SeH]. The number of rotatable bonds is 3. The van der Waals surface area contributed by atoms with Gasteiger partial charge in [0.05, 0.1) is 0 Å². The quantitative estimate of drug-likeness (QED) is 0.356. The Morgan fingerprint density at radius 2 is 1.80 bits per heavy atom. The van der Waals surface area contributed by atoms with E-state index in [1.807, 2.05) is 0 Å². The Bertz CT molecular complexity index is 186. The third-order valence-electron chi connectivity index (χ3n) is 0.974. The molecule has 0 bridgehead atoms. The second-order valence-corrected chi connectivity index (χ2v) is 2.58. The predicted molar refractivity (Wildman–Crippen MR) is 34.0 cm³/mol. The van der Waals surface area contributed by atoms with Crippen molar-refractivity contribution in [2.75, 3.05) is 0 Å².